The predicted molar refractivity (Wildman–Crippen MR) is 57.2 cm³/mol. The van der Waals surface area contributed by atoms with Crippen molar-refractivity contribution in [3.63, 3.8) is 0 Å². The van der Waals surface area contributed by atoms with E-state index in [4.69, 9.17) is 10.5 Å². The van der Waals surface area contributed by atoms with Crippen molar-refractivity contribution in [1.82, 2.24) is 0 Å². The topological polar surface area (TPSA) is 35.2 Å². The van der Waals surface area contributed by atoms with Crippen molar-refractivity contribution in [2.24, 2.45) is 11.7 Å². The Hall–Kier alpha value is -1.02. The molecule has 1 fully saturated rings. The van der Waals surface area contributed by atoms with Crippen LogP contribution in [0.4, 0.5) is 0 Å². The van der Waals surface area contributed by atoms with Gasteiger partial charge in [0.15, 0.2) is 0 Å². The second-order valence-corrected chi connectivity index (χ2v) is 3.89. The van der Waals surface area contributed by atoms with Crippen LogP contribution in [0, 0.1) is 5.92 Å². The van der Waals surface area contributed by atoms with Gasteiger partial charge in [0.2, 0.25) is 0 Å². The number of para-hydroxylation sites is 1. The molecule has 0 radical (unpaired) electrons. The SMILES string of the molecule is NCc1ccccc1OCCC1CC1. The highest BCUT2D eigenvalue weighted by atomic mass is 16.5. The Balaban J connectivity index is 1.86. The zero-order chi connectivity index (χ0) is 9.80. The van der Waals surface area contributed by atoms with Crippen molar-refractivity contribution < 1.29 is 4.74 Å². The van der Waals surface area contributed by atoms with Gasteiger partial charge in [-0.15, -0.1) is 0 Å². The molecule has 0 unspecified atom stereocenters. The Kier molecular flexibility index (Phi) is 3.04. The Morgan fingerprint density at radius 1 is 1.29 bits per heavy atom. The van der Waals surface area contributed by atoms with Crippen LogP contribution in [0.2, 0.25) is 0 Å². The van der Waals surface area contributed by atoms with E-state index in [9.17, 15) is 0 Å². The van der Waals surface area contributed by atoms with Crippen molar-refractivity contribution in [2.75, 3.05) is 6.61 Å². The molecule has 0 saturated heterocycles. The third-order valence-electron chi connectivity index (χ3n) is 2.67. The van der Waals surface area contributed by atoms with E-state index in [1.807, 2.05) is 24.3 Å². The van der Waals surface area contributed by atoms with Crippen LogP contribution in [0.3, 0.4) is 0 Å². The lowest BCUT2D eigenvalue weighted by Gasteiger charge is -2.09. The normalized spacial score (nSPS) is 15.5. The summed E-state index contributed by atoms with van der Waals surface area (Å²) in [7, 11) is 0. The van der Waals surface area contributed by atoms with E-state index in [1.165, 1.54) is 19.3 Å². The van der Waals surface area contributed by atoms with Gasteiger partial charge in [-0.2, -0.15) is 0 Å². The summed E-state index contributed by atoms with van der Waals surface area (Å²) < 4.78 is 5.70. The largest absolute Gasteiger partial charge is 0.493 e. The summed E-state index contributed by atoms with van der Waals surface area (Å²) in [6.07, 6.45) is 3.97. The minimum atomic E-state index is 0.555. The molecule has 0 aliphatic heterocycles. The highest BCUT2D eigenvalue weighted by Crippen LogP contribution is 2.32. The molecule has 1 saturated carbocycles. The Labute approximate surface area is 85.1 Å². The molecule has 1 aliphatic carbocycles. The molecule has 2 heteroatoms. The van der Waals surface area contributed by atoms with Crippen LogP contribution in [-0.2, 0) is 6.54 Å². The van der Waals surface area contributed by atoms with Crippen LogP contribution in [0.25, 0.3) is 0 Å². The summed E-state index contributed by atoms with van der Waals surface area (Å²) in [5.41, 5.74) is 6.71. The van der Waals surface area contributed by atoms with E-state index in [0.29, 0.717) is 6.54 Å². The van der Waals surface area contributed by atoms with E-state index in [0.717, 1.165) is 23.8 Å². The number of benzene rings is 1. The van der Waals surface area contributed by atoms with Crippen molar-refractivity contribution >= 4 is 0 Å². The summed E-state index contributed by atoms with van der Waals surface area (Å²) in [6, 6.07) is 8.00. The average Bonchev–Trinajstić information content (AvgIpc) is 3.03. The zero-order valence-electron chi connectivity index (χ0n) is 8.41. The molecule has 0 aromatic heterocycles. The van der Waals surface area contributed by atoms with Crippen molar-refractivity contribution in [1.29, 1.82) is 0 Å². The van der Waals surface area contributed by atoms with Crippen molar-refractivity contribution in [3.05, 3.63) is 29.8 Å². The lowest BCUT2D eigenvalue weighted by Crippen LogP contribution is -2.03. The van der Waals surface area contributed by atoms with Crippen LogP contribution >= 0.6 is 0 Å². The molecule has 14 heavy (non-hydrogen) atoms. The van der Waals surface area contributed by atoms with Gasteiger partial charge in [-0.05, 0) is 18.4 Å². The van der Waals surface area contributed by atoms with Gasteiger partial charge >= 0.3 is 0 Å². The Morgan fingerprint density at radius 3 is 2.79 bits per heavy atom. The fourth-order valence-corrected chi connectivity index (χ4v) is 1.56. The molecule has 0 spiro atoms. The number of rotatable bonds is 5. The van der Waals surface area contributed by atoms with E-state index in [-0.39, 0.29) is 0 Å². The van der Waals surface area contributed by atoms with Gasteiger partial charge in [0.25, 0.3) is 0 Å². The average molecular weight is 191 g/mol. The number of hydrogen-bond donors (Lipinski definition) is 1. The summed E-state index contributed by atoms with van der Waals surface area (Å²) in [6.45, 7) is 1.39. The second kappa shape index (κ2) is 4.47. The van der Waals surface area contributed by atoms with Gasteiger partial charge in [-0.1, -0.05) is 31.0 Å². The van der Waals surface area contributed by atoms with Gasteiger partial charge in [0.05, 0.1) is 6.61 Å². The first-order valence-corrected chi connectivity index (χ1v) is 5.31. The molecule has 76 valence electrons. The lowest BCUT2D eigenvalue weighted by atomic mass is 10.2. The number of ether oxygens (including phenoxy) is 1. The fourth-order valence-electron chi connectivity index (χ4n) is 1.56. The molecule has 2 N–H and O–H groups in total. The predicted octanol–water partition coefficient (Wildman–Crippen LogP) is 2.32. The molecule has 0 amide bonds. The van der Waals surface area contributed by atoms with Gasteiger partial charge in [-0.3, -0.25) is 0 Å². The molecule has 1 aromatic carbocycles. The fraction of sp³-hybridized carbons (Fsp3) is 0.500. The van der Waals surface area contributed by atoms with E-state index in [2.05, 4.69) is 0 Å². The molecular formula is C12H17NO. The summed E-state index contributed by atoms with van der Waals surface area (Å²) >= 11 is 0. The van der Waals surface area contributed by atoms with Crippen molar-refractivity contribution in [2.45, 2.75) is 25.8 Å². The van der Waals surface area contributed by atoms with E-state index in [1.54, 1.807) is 0 Å². The molecule has 1 aromatic rings. The molecule has 1 aliphatic rings. The smallest absolute Gasteiger partial charge is 0.123 e. The summed E-state index contributed by atoms with van der Waals surface area (Å²) in [5, 5.41) is 0. The van der Waals surface area contributed by atoms with Crippen LogP contribution in [0.15, 0.2) is 24.3 Å². The van der Waals surface area contributed by atoms with Gasteiger partial charge < -0.3 is 10.5 Å². The zero-order valence-corrected chi connectivity index (χ0v) is 8.41. The highest BCUT2D eigenvalue weighted by Gasteiger charge is 2.20. The monoisotopic (exact) mass is 191 g/mol. The van der Waals surface area contributed by atoms with Crippen molar-refractivity contribution in [3.8, 4) is 5.75 Å². The minimum Gasteiger partial charge on any atom is -0.493 e. The third-order valence-corrected chi connectivity index (χ3v) is 2.67. The summed E-state index contributed by atoms with van der Waals surface area (Å²) in [4.78, 5) is 0. The second-order valence-electron chi connectivity index (χ2n) is 3.89. The van der Waals surface area contributed by atoms with Crippen LogP contribution < -0.4 is 10.5 Å². The lowest BCUT2D eigenvalue weighted by molar-refractivity contribution is 0.299. The maximum atomic E-state index is 5.70. The molecule has 0 heterocycles. The van der Waals surface area contributed by atoms with Gasteiger partial charge in [0.1, 0.15) is 5.75 Å². The minimum absolute atomic E-state index is 0.555. The van der Waals surface area contributed by atoms with Crippen LogP contribution in [-0.4, -0.2) is 6.61 Å². The molecular weight excluding hydrogens is 174 g/mol. The molecule has 2 rings (SSSR count). The van der Waals surface area contributed by atoms with Gasteiger partial charge in [0, 0.05) is 12.1 Å². The Morgan fingerprint density at radius 2 is 2.07 bits per heavy atom. The first-order chi connectivity index (χ1) is 6.90. The van der Waals surface area contributed by atoms with E-state index < -0.39 is 0 Å². The quantitative estimate of drug-likeness (QED) is 0.775. The summed E-state index contributed by atoms with van der Waals surface area (Å²) in [5.74, 6) is 1.88. The van der Waals surface area contributed by atoms with Crippen LogP contribution in [0.1, 0.15) is 24.8 Å². The molecule has 0 atom stereocenters. The first kappa shape index (κ1) is 9.53. The standard InChI is InChI=1S/C12H17NO/c13-9-11-3-1-2-4-12(11)14-8-7-10-5-6-10/h1-4,10H,5-9,13H2. The number of hydrogen-bond acceptors (Lipinski definition) is 2. The highest BCUT2D eigenvalue weighted by molar-refractivity contribution is 5.32. The molecule has 0 bridgehead atoms. The Bertz CT molecular complexity index is 294. The van der Waals surface area contributed by atoms with Gasteiger partial charge in [-0.25, -0.2) is 0 Å². The third kappa shape index (κ3) is 2.48. The van der Waals surface area contributed by atoms with Crippen LogP contribution in [0.5, 0.6) is 5.75 Å². The molecule has 2 nitrogen and oxygen atoms in total. The maximum absolute atomic E-state index is 5.70. The first-order valence-electron chi connectivity index (χ1n) is 5.31. The maximum Gasteiger partial charge on any atom is 0.123 e. The van der Waals surface area contributed by atoms with E-state index >= 15 is 0 Å². The number of nitrogens with two attached hydrogens (primary N) is 1.